The fraction of sp³-hybridized carbons (Fsp3) is 0.267. The lowest BCUT2D eigenvalue weighted by atomic mass is 9.98. The van der Waals surface area contributed by atoms with Gasteiger partial charge in [-0.3, -0.25) is 9.59 Å². The average molecular weight is 285 g/mol. The second-order valence-electron chi connectivity index (χ2n) is 5.16. The molecule has 2 aromatic rings. The van der Waals surface area contributed by atoms with Crippen LogP contribution < -0.4 is 4.90 Å². The number of carbonyl (C=O) groups excluding carboxylic acids is 1. The molecule has 1 unspecified atom stereocenters. The number of fused-ring (bicyclic) bond motifs is 1. The number of hydrogen-bond donors (Lipinski definition) is 1. The van der Waals surface area contributed by atoms with Crippen molar-refractivity contribution in [3.63, 3.8) is 0 Å². The molecular weight excluding hydrogens is 270 g/mol. The molecule has 3 rings (SSSR count). The van der Waals surface area contributed by atoms with E-state index in [2.05, 4.69) is 4.98 Å². The molecule has 1 amide bonds. The van der Waals surface area contributed by atoms with Crippen LogP contribution in [0, 0.1) is 0 Å². The summed E-state index contributed by atoms with van der Waals surface area (Å²) in [5.74, 6) is -1.18. The SMILES string of the molecule is Cn1cncc1C(=O)N1CC(CC(=O)O)c2ccccc21. The largest absolute Gasteiger partial charge is 0.481 e. The Morgan fingerprint density at radius 3 is 2.81 bits per heavy atom. The van der Waals surface area contributed by atoms with E-state index in [4.69, 9.17) is 5.11 Å². The zero-order chi connectivity index (χ0) is 15.0. The van der Waals surface area contributed by atoms with Crippen molar-refractivity contribution in [2.75, 3.05) is 11.4 Å². The van der Waals surface area contributed by atoms with Gasteiger partial charge in [0.25, 0.3) is 5.91 Å². The van der Waals surface area contributed by atoms with Crippen LogP contribution in [0.2, 0.25) is 0 Å². The quantitative estimate of drug-likeness (QED) is 0.930. The molecule has 0 saturated heterocycles. The van der Waals surface area contributed by atoms with Crippen molar-refractivity contribution in [3.8, 4) is 0 Å². The Hall–Kier alpha value is -2.63. The van der Waals surface area contributed by atoms with Gasteiger partial charge in [-0.15, -0.1) is 0 Å². The van der Waals surface area contributed by atoms with E-state index in [-0.39, 0.29) is 18.2 Å². The third-order valence-corrected chi connectivity index (χ3v) is 3.77. The van der Waals surface area contributed by atoms with E-state index in [1.165, 1.54) is 6.20 Å². The first-order chi connectivity index (χ1) is 10.1. The summed E-state index contributed by atoms with van der Waals surface area (Å²) in [6, 6.07) is 7.46. The van der Waals surface area contributed by atoms with Crippen LogP contribution in [0.4, 0.5) is 5.69 Å². The number of aryl methyl sites for hydroxylation is 1. The van der Waals surface area contributed by atoms with Crippen LogP contribution in [0.15, 0.2) is 36.8 Å². The molecule has 0 aliphatic carbocycles. The average Bonchev–Trinajstić information content (AvgIpc) is 3.02. The van der Waals surface area contributed by atoms with E-state index in [9.17, 15) is 9.59 Å². The normalized spacial score (nSPS) is 16.8. The lowest BCUT2D eigenvalue weighted by Crippen LogP contribution is -2.31. The molecule has 0 fully saturated rings. The van der Waals surface area contributed by atoms with Crippen molar-refractivity contribution in [2.24, 2.45) is 7.05 Å². The highest BCUT2D eigenvalue weighted by atomic mass is 16.4. The summed E-state index contributed by atoms with van der Waals surface area (Å²) in [7, 11) is 1.76. The number of hydrogen-bond acceptors (Lipinski definition) is 3. The van der Waals surface area contributed by atoms with Gasteiger partial charge >= 0.3 is 5.97 Å². The topological polar surface area (TPSA) is 75.4 Å². The van der Waals surface area contributed by atoms with E-state index < -0.39 is 5.97 Å². The Bertz CT molecular complexity index is 708. The monoisotopic (exact) mass is 285 g/mol. The van der Waals surface area contributed by atoms with Gasteiger partial charge in [0, 0.05) is 25.2 Å². The third-order valence-electron chi connectivity index (χ3n) is 3.77. The van der Waals surface area contributed by atoms with E-state index >= 15 is 0 Å². The highest BCUT2D eigenvalue weighted by Gasteiger charge is 2.34. The minimum absolute atomic E-state index is 0.0200. The smallest absolute Gasteiger partial charge is 0.304 e. The first-order valence-corrected chi connectivity index (χ1v) is 6.67. The first-order valence-electron chi connectivity index (χ1n) is 6.67. The molecular formula is C15H15N3O3. The molecule has 21 heavy (non-hydrogen) atoms. The number of anilines is 1. The predicted octanol–water partition coefficient (Wildman–Crippen LogP) is 1.64. The Kier molecular flexibility index (Phi) is 3.21. The maximum Gasteiger partial charge on any atom is 0.304 e. The maximum absolute atomic E-state index is 12.6. The fourth-order valence-electron chi connectivity index (χ4n) is 2.77. The van der Waals surface area contributed by atoms with E-state index in [1.807, 2.05) is 24.3 Å². The number of benzene rings is 1. The molecule has 0 saturated carbocycles. The number of aliphatic carboxylic acids is 1. The van der Waals surface area contributed by atoms with Crippen molar-refractivity contribution >= 4 is 17.6 Å². The van der Waals surface area contributed by atoms with Crippen LogP contribution in [0.3, 0.4) is 0 Å². The van der Waals surface area contributed by atoms with Crippen LogP contribution in [0.25, 0.3) is 0 Å². The summed E-state index contributed by atoms with van der Waals surface area (Å²) in [4.78, 5) is 29.2. The van der Waals surface area contributed by atoms with Gasteiger partial charge in [-0.2, -0.15) is 0 Å². The fourth-order valence-corrected chi connectivity index (χ4v) is 2.77. The molecule has 2 heterocycles. The van der Waals surface area contributed by atoms with Crippen molar-refractivity contribution in [2.45, 2.75) is 12.3 Å². The van der Waals surface area contributed by atoms with Crippen molar-refractivity contribution in [1.29, 1.82) is 0 Å². The molecule has 1 N–H and O–H groups in total. The molecule has 6 nitrogen and oxygen atoms in total. The number of amides is 1. The minimum atomic E-state index is -0.857. The first kappa shape index (κ1) is 13.4. The Balaban J connectivity index is 1.96. The molecule has 1 atom stereocenters. The van der Waals surface area contributed by atoms with Gasteiger partial charge in [0.2, 0.25) is 0 Å². The van der Waals surface area contributed by atoms with E-state index in [0.717, 1.165) is 11.3 Å². The van der Waals surface area contributed by atoms with Crippen molar-refractivity contribution in [1.82, 2.24) is 9.55 Å². The number of imidazole rings is 1. The number of carboxylic acids is 1. The summed E-state index contributed by atoms with van der Waals surface area (Å²) in [6.45, 7) is 0.385. The lowest BCUT2D eigenvalue weighted by Gasteiger charge is -2.17. The van der Waals surface area contributed by atoms with Gasteiger partial charge in [0.05, 0.1) is 18.9 Å². The Labute approximate surface area is 121 Å². The van der Waals surface area contributed by atoms with Crippen LogP contribution in [-0.2, 0) is 11.8 Å². The van der Waals surface area contributed by atoms with Gasteiger partial charge in [0.15, 0.2) is 0 Å². The summed E-state index contributed by atoms with van der Waals surface area (Å²) < 4.78 is 1.66. The molecule has 0 spiro atoms. The number of carbonyl (C=O) groups is 2. The summed E-state index contributed by atoms with van der Waals surface area (Å²) in [5.41, 5.74) is 2.19. The van der Waals surface area contributed by atoms with Crippen molar-refractivity contribution in [3.05, 3.63) is 48.0 Å². The highest BCUT2D eigenvalue weighted by molar-refractivity contribution is 6.06. The second kappa shape index (κ2) is 5.05. The van der Waals surface area contributed by atoms with Crippen LogP contribution in [-0.4, -0.2) is 33.1 Å². The van der Waals surface area contributed by atoms with Gasteiger partial charge < -0.3 is 14.6 Å². The zero-order valence-electron chi connectivity index (χ0n) is 11.6. The Morgan fingerprint density at radius 2 is 2.14 bits per heavy atom. The van der Waals surface area contributed by atoms with Gasteiger partial charge in [0.1, 0.15) is 5.69 Å². The van der Waals surface area contributed by atoms with Gasteiger partial charge in [-0.25, -0.2) is 4.98 Å². The lowest BCUT2D eigenvalue weighted by molar-refractivity contribution is -0.137. The number of para-hydroxylation sites is 1. The molecule has 0 radical (unpaired) electrons. The number of carboxylic acid groups (broad SMARTS) is 1. The summed E-state index contributed by atoms with van der Waals surface area (Å²) in [6.07, 6.45) is 3.12. The maximum atomic E-state index is 12.6. The number of rotatable bonds is 3. The summed E-state index contributed by atoms with van der Waals surface area (Å²) >= 11 is 0. The van der Waals surface area contributed by atoms with Crippen LogP contribution >= 0.6 is 0 Å². The Morgan fingerprint density at radius 1 is 1.38 bits per heavy atom. The second-order valence-corrected chi connectivity index (χ2v) is 5.16. The zero-order valence-corrected chi connectivity index (χ0v) is 11.6. The molecule has 1 aromatic carbocycles. The summed E-state index contributed by atoms with van der Waals surface area (Å²) in [5, 5.41) is 9.03. The number of nitrogens with zero attached hydrogens (tertiary/aromatic N) is 3. The highest BCUT2D eigenvalue weighted by Crippen LogP contribution is 2.38. The number of aromatic nitrogens is 2. The molecule has 108 valence electrons. The molecule has 1 aliphatic heterocycles. The van der Waals surface area contributed by atoms with Crippen LogP contribution in [0.5, 0.6) is 0 Å². The molecule has 1 aromatic heterocycles. The third kappa shape index (κ3) is 2.29. The van der Waals surface area contributed by atoms with Crippen molar-refractivity contribution < 1.29 is 14.7 Å². The predicted molar refractivity (Wildman–Crippen MR) is 76.3 cm³/mol. The van der Waals surface area contributed by atoms with E-state index in [1.54, 1.807) is 22.8 Å². The van der Waals surface area contributed by atoms with Gasteiger partial charge in [-0.05, 0) is 11.6 Å². The molecule has 1 aliphatic rings. The minimum Gasteiger partial charge on any atom is -0.481 e. The molecule has 6 heteroatoms. The van der Waals surface area contributed by atoms with E-state index in [0.29, 0.717) is 12.2 Å². The van der Waals surface area contributed by atoms with Crippen LogP contribution in [0.1, 0.15) is 28.4 Å². The standard InChI is InChI=1S/C15H15N3O3/c1-17-9-16-7-13(17)15(21)18-8-10(6-14(19)20)11-4-2-3-5-12(11)18/h2-5,7,9-10H,6,8H2,1H3,(H,19,20). The van der Waals surface area contributed by atoms with Gasteiger partial charge in [-0.1, -0.05) is 18.2 Å². The molecule has 0 bridgehead atoms.